The largest absolute Gasteiger partial charge is 0.477 e. The van der Waals surface area contributed by atoms with E-state index in [1.54, 1.807) is 120 Å². The molecule has 0 aliphatic carbocycles. The van der Waals surface area contributed by atoms with Crippen molar-refractivity contribution in [2.24, 2.45) is 23.7 Å². The molecule has 10 rings (SSSR count). The molecule has 0 radical (unpaired) electrons. The van der Waals surface area contributed by atoms with E-state index in [-0.39, 0.29) is 63.0 Å². The number of amides is 7. The molecule has 129 heavy (non-hydrogen) atoms. The lowest BCUT2D eigenvalue weighted by Gasteiger charge is -2.47. The van der Waals surface area contributed by atoms with Gasteiger partial charge in [0.1, 0.15) is 72.1 Å². The molecule has 5 aromatic rings. The van der Waals surface area contributed by atoms with Gasteiger partial charge in [-0.2, -0.15) is 0 Å². The summed E-state index contributed by atoms with van der Waals surface area (Å²) in [5.41, 5.74) is 10.4. The Bertz CT molecular complexity index is 4580. The molecule has 712 valence electrons. The predicted octanol–water partition coefficient (Wildman–Crippen LogP) is -0.940. The van der Waals surface area contributed by atoms with Crippen molar-refractivity contribution in [2.45, 2.75) is 260 Å². The molecular weight excluding hydrogens is 1700 g/mol. The van der Waals surface area contributed by atoms with Gasteiger partial charge in [-0.25, -0.2) is 14.5 Å². The number of likely N-dealkylation sites (N-methyl/N-ethyl adjacent to an activating group) is 2. The molecule has 41 heteroatoms. The van der Waals surface area contributed by atoms with Gasteiger partial charge in [0.25, 0.3) is 5.79 Å². The van der Waals surface area contributed by atoms with Crippen molar-refractivity contribution < 1.29 is 123 Å². The minimum absolute atomic E-state index is 0.0272. The van der Waals surface area contributed by atoms with Gasteiger partial charge in [0.15, 0.2) is 6.29 Å². The van der Waals surface area contributed by atoms with Gasteiger partial charge >= 0.3 is 5.97 Å². The molecule has 3 fully saturated rings. The van der Waals surface area contributed by atoms with Gasteiger partial charge in [0.05, 0.1) is 116 Å². The SMILES string of the molecule is CCC(C)C(C(CC(=O)N1CCCC1C(OC)C(C)C(=O)NC(Cc1ccccc1)c1nccs1)OC)N(C)C(=O)C(NC(=O)C(C(C)C)N(C)CC(O)C(O)C(O)C(O)Cn1cc(CCNC(=O)CCC(=O)N2Cc3ccccc3C3=C(c4ccccc42)N(CC(O)C(O)C2OC(OCC4OC(OC)C(O)C(O)C4O)(C(=O)O)CC(O)C2NC(C)=O)NN3)nn1)C(C)C. The number of hydrazine groups is 2. The number of hydrogen-bond acceptors (Lipinski definition) is 32. The number of methoxy groups -OCH3 is 3. The van der Waals surface area contributed by atoms with Crippen molar-refractivity contribution in [3.05, 3.63) is 130 Å². The highest BCUT2D eigenvalue weighted by Gasteiger charge is 2.58. The van der Waals surface area contributed by atoms with E-state index in [0.717, 1.165) is 24.6 Å². The molecule has 7 heterocycles. The molecule has 0 bridgehead atoms. The summed E-state index contributed by atoms with van der Waals surface area (Å²) in [7, 11) is 7.37. The fourth-order valence-corrected chi connectivity index (χ4v) is 18.5. The van der Waals surface area contributed by atoms with Gasteiger partial charge in [0.2, 0.25) is 41.4 Å². The van der Waals surface area contributed by atoms with Crippen LogP contribution in [0.4, 0.5) is 5.69 Å². The van der Waals surface area contributed by atoms with Crippen LogP contribution < -0.4 is 37.1 Å². The first-order valence-corrected chi connectivity index (χ1v) is 44.6. The average molecular weight is 1830 g/mol. The molecule has 5 aliphatic rings. The van der Waals surface area contributed by atoms with E-state index in [4.69, 9.17) is 28.4 Å². The smallest absolute Gasteiger partial charge is 0.364 e. The van der Waals surface area contributed by atoms with Crippen LogP contribution in [0.2, 0.25) is 0 Å². The fraction of sp³-hybridized carbons (Fsp3) is 0.625. The Morgan fingerprint density at radius 1 is 0.783 bits per heavy atom. The van der Waals surface area contributed by atoms with Crippen LogP contribution in [0.15, 0.2) is 96.6 Å². The number of aliphatic carboxylic acids is 1. The van der Waals surface area contributed by atoms with Crippen LogP contribution in [0.3, 0.4) is 0 Å². The number of aliphatic hydroxyl groups excluding tert-OH is 10. The molecule has 2 aromatic heterocycles. The Balaban J connectivity index is 0.702. The predicted molar refractivity (Wildman–Crippen MR) is 466 cm³/mol. The van der Waals surface area contributed by atoms with E-state index in [9.17, 15) is 94.5 Å². The average Bonchev–Trinajstić information content (AvgIpc) is 1.71. The normalized spacial score (nSPS) is 24.4. The molecule has 24 unspecified atom stereocenters. The number of carboxylic acid groups (broad SMARTS) is 1. The third-order valence-corrected chi connectivity index (χ3v) is 25.9. The number of fused-ring (bicyclic) bond motifs is 4. The molecule has 0 saturated carbocycles. The van der Waals surface area contributed by atoms with Gasteiger partial charge in [0, 0.05) is 110 Å². The molecule has 17 N–H and O–H groups in total. The van der Waals surface area contributed by atoms with Crippen LogP contribution in [0.1, 0.15) is 139 Å². The summed E-state index contributed by atoms with van der Waals surface area (Å²) in [5.74, 6) is -9.57. The van der Waals surface area contributed by atoms with Gasteiger partial charge in [-0.15, -0.1) is 22.0 Å². The first kappa shape index (κ1) is 102. The highest BCUT2D eigenvalue weighted by molar-refractivity contribution is 7.09. The lowest BCUT2D eigenvalue weighted by atomic mass is 9.88. The lowest BCUT2D eigenvalue weighted by Crippen LogP contribution is -2.68. The summed E-state index contributed by atoms with van der Waals surface area (Å²) >= 11 is 1.46. The lowest BCUT2D eigenvalue weighted by molar-refractivity contribution is -0.336. The number of carbonyl (C=O) groups excluding carboxylic acids is 7. The molecule has 7 amide bonds. The van der Waals surface area contributed by atoms with Crippen LogP contribution in [-0.2, 0) is 92.7 Å². The Morgan fingerprint density at radius 2 is 1.47 bits per heavy atom. The second kappa shape index (κ2) is 46.3. The van der Waals surface area contributed by atoms with Gasteiger partial charge in [-0.1, -0.05) is 133 Å². The number of nitrogens with one attached hydrogen (secondary N) is 6. The topological polar surface area (TPSA) is 546 Å². The highest BCUT2D eigenvalue weighted by Crippen LogP contribution is 2.42. The van der Waals surface area contributed by atoms with Crippen LogP contribution in [0.5, 0.6) is 0 Å². The summed E-state index contributed by atoms with van der Waals surface area (Å²) in [5, 5.41) is 147. The van der Waals surface area contributed by atoms with E-state index >= 15 is 0 Å². The molecule has 3 aromatic carbocycles. The number of anilines is 1. The Hall–Kier alpha value is -9.19. The first-order valence-electron chi connectivity index (χ1n) is 43.7. The summed E-state index contributed by atoms with van der Waals surface area (Å²) < 4.78 is 35.7. The summed E-state index contributed by atoms with van der Waals surface area (Å²) in [6, 6.07) is 18.7. The number of nitrogens with zero attached hydrogens (tertiary/aromatic N) is 9. The molecule has 3 saturated heterocycles. The van der Waals surface area contributed by atoms with Crippen LogP contribution in [0.25, 0.3) is 11.4 Å². The zero-order valence-electron chi connectivity index (χ0n) is 75.1. The quantitative estimate of drug-likeness (QED) is 0.0224. The van der Waals surface area contributed by atoms with Gasteiger partial charge in [-0.3, -0.25) is 43.5 Å². The van der Waals surface area contributed by atoms with Gasteiger partial charge in [-0.05, 0) is 61.3 Å². The maximum absolute atomic E-state index is 15.0. The number of β-amino-alcohol motifs (C(OH)–C–C–N with tert-alkyl or cyclic N) is 1. The van der Waals surface area contributed by atoms with Gasteiger partial charge < -0.3 is 126 Å². The second-order valence-corrected chi connectivity index (χ2v) is 35.6. The van der Waals surface area contributed by atoms with Crippen molar-refractivity contribution in [3.8, 4) is 0 Å². The Kier molecular flexibility index (Phi) is 36.5. The van der Waals surface area contributed by atoms with Crippen LogP contribution in [-0.4, -0.2) is 339 Å². The van der Waals surface area contributed by atoms with E-state index < -0.39 is 213 Å². The van der Waals surface area contributed by atoms with E-state index in [0.29, 0.717) is 71.7 Å². The Morgan fingerprint density at radius 3 is 2.12 bits per heavy atom. The van der Waals surface area contributed by atoms with Crippen molar-refractivity contribution >= 4 is 75.7 Å². The van der Waals surface area contributed by atoms with E-state index in [1.165, 1.54) is 44.1 Å². The maximum atomic E-state index is 15.0. The summed E-state index contributed by atoms with van der Waals surface area (Å²) in [6.45, 7) is 12.3. The third kappa shape index (κ3) is 24.6. The maximum Gasteiger partial charge on any atom is 0.364 e. The third-order valence-electron chi connectivity index (χ3n) is 25.0. The number of likely N-dealkylation sites (tertiary alicyclic amines) is 1. The Labute approximate surface area is 753 Å². The zero-order chi connectivity index (χ0) is 94.2. The molecule has 40 nitrogen and oxygen atoms in total. The van der Waals surface area contributed by atoms with Crippen molar-refractivity contribution in [3.63, 3.8) is 0 Å². The monoisotopic (exact) mass is 1830 g/mol. The van der Waals surface area contributed by atoms with Crippen molar-refractivity contribution in [2.75, 3.05) is 73.1 Å². The molecule has 0 spiro atoms. The fourth-order valence-electron chi connectivity index (χ4n) is 17.8. The van der Waals surface area contributed by atoms with Crippen LogP contribution in [0, 0.1) is 23.7 Å². The minimum Gasteiger partial charge on any atom is -0.477 e. The minimum atomic E-state index is -2.84. The first-order chi connectivity index (χ1) is 61.4. The molecule has 5 aliphatic heterocycles. The van der Waals surface area contributed by atoms with Crippen LogP contribution >= 0.6 is 11.3 Å². The standard InChI is InChI=1S/C88H129N15O25S/c1-14-48(6)72(63(123-11)38-67(111)101-35-22-29-58(101)80(124-12)49(7)82(118)92-56(84-90-34-36-129-84)37-51-23-16-15-17-24-51)99(10)85(120)68(46(2)3)93-83(119)71(47(4)5)98(9)42-60(106)74(112)75(113)61(107)43-100-41-53(94-96-100)32-33-89-65(109)30-31-66(110)102-40-52-25-18-19-26-54(52)69-73(55-27-20-21-28-57(55)102)103(97-95-69)44-62(108)76(114)81-70(91-50(8)104)59(105)39-88(128-81,87(121)122)126-45-64-77(115)78(116)79(117)86(125-13)127-64/h15-21,23-28,34,36,41,46-49,56,58-64,68,70-72,74-81,86,95,97,105-108,112-117H,14,22,29-33,35,37-40,42-45H2,1-13H3,(H,89,109)(H,91,104)(H,92,118)(H,93,119)(H,121,122). The van der Waals surface area contributed by atoms with E-state index in [1.807, 2.05) is 49.6 Å². The second-order valence-electron chi connectivity index (χ2n) is 34.7. The van der Waals surface area contributed by atoms with E-state index in [2.05, 4.69) is 47.5 Å². The number of aromatic nitrogens is 4. The zero-order valence-corrected chi connectivity index (χ0v) is 75.9. The number of rotatable bonds is 44. The summed E-state index contributed by atoms with van der Waals surface area (Å²) in [6.07, 6.45) is -20.8. The molecule has 24 atom stereocenters. The summed E-state index contributed by atoms with van der Waals surface area (Å²) in [4.78, 5) is 123. The molecular formula is C88H129N15O25S. The number of carbonyl (C=O) groups is 8. The van der Waals surface area contributed by atoms with Crippen molar-refractivity contribution in [1.82, 2.24) is 71.9 Å². The number of ether oxygens (including phenoxy) is 6. The number of thiazole rings is 1. The number of aliphatic hydroxyl groups is 10. The number of benzene rings is 3. The number of para-hydroxylation sites is 1. The number of carboxylic acids is 1. The highest BCUT2D eigenvalue weighted by atomic mass is 32.1. The van der Waals surface area contributed by atoms with Crippen molar-refractivity contribution in [1.29, 1.82) is 0 Å². The number of hydrogen-bond donors (Lipinski definition) is 17.